The van der Waals surface area contributed by atoms with Crippen molar-refractivity contribution in [1.29, 1.82) is 0 Å². The molecule has 0 aromatic heterocycles. The summed E-state index contributed by atoms with van der Waals surface area (Å²) in [6, 6.07) is 3.91. The summed E-state index contributed by atoms with van der Waals surface area (Å²) in [4.78, 5) is 22.8. The molecule has 6 heteroatoms. The van der Waals surface area contributed by atoms with Gasteiger partial charge >= 0.3 is 12.1 Å². The monoisotopic (exact) mass is 309 g/mol. The summed E-state index contributed by atoms with van der Waals surface area (Å²) >= 11 is 0. The molecule has 0 unspecified atom stereocenters. The van der Waals surface area contributed by atoms with Crippen molar-refractivity contribution in [2.45, 2.75) is 26.4 Å². The van der Waals surface area contributed by atoms with Gasteiger partial charge in [0.1, 0.15) is 11.4 Å². The second-order valence-electron chi connectivity index (χ2n) is 5.51. The molecule has 22 heavy (non-hydrogen) atoms. The van der Waals surface area contributed by atoms with Gasteiger partial charge in [-0.25, -0.2) is 14.0 Å². The predicted octanol–water partition coefficient (Wildman–Crippen LogP) is 3.15. The van der Waals surface area contributed by atoms with Gasteiger partial charge in [-0.1, -0.05) is 12.2 Å². The van der Waals surface area contributed by atoms with E-state index in [0.29, 0.717) is 0 Å². The van der Waals surface area contributed by atoms with E-state index in [0.717, 1.165) is 0 Å². The van der Waals surface area contributed by atoms with E-state index in [-0.39, 0.29) is 17.7 Å². The molecule has 0 bridgehead atoms. The number of carbonyl (C=O) groups is 2. The first-order chi connectivity index (χ1) is 10.2. The Bertz CT molecular complexity index is 576. The number of benzene rings is 1. The summed E-state index contributed by atoms with van der Waals surface area (Å²) in [6.45, 7) is 5.46. The number of rotatable bonds is 4. The van der Waals surface area contributed by atoms with Gasteiger partial charge in [0.25, 0.3) is 0 Å². The van der Waals surface area contributed by atoms with E-state index in [9.17, 15) is 14.0 Å². The van der Waals surface area contributed by atoms with Gasteiger partial charge in [-0.15, -0.1) is 0 Å². The highest BCUT2D eigenvalue weighted by Crippen LogP contribution is 2.13. The van der Waals surface area contributed by atoms with Crippen molar-refractivity contribution in [3.8, 4) is 0 Å². The molecule has 1 rings (SSSR count). The smallest absolute Gasteiger partial charge is 0.407 e. The Kier molecular flexibility index (Phi) is 6.10. The van der Waals surface area contributed by atoms with Crippen LogP contribution in [0.25, 0.3) is 6.08 Å². The summed E-state index contributed by atoms with van der Waals surface area (Å²) in [5.41, 5.74) is -0.0908. The molecular weight excluding hydrogens is 289 g/mol. The maximum absolute atomic E-state index is 13.6. The Labute approximate surface area is 129 Å². The molecule has 1 aromatic rings. The average Bonchev–Trinajstić information content (AvgIpc) is 2.42. The Morgan fingerprint density at radius 1 is 1.32 bits per heavy atom. The lowest BCUT2D eigenvalue weighted by Gasteiger charge is -2.19. The van der Waals surface area contributed by atoms with E-state index in [1.165, 1.54) is 31.4 Å². The third-order valence-electron chi connectivity index (χ3n) is 2.48. The number of halogens is 1. The third-order valence-corrected chi connectivity index (χ3v) is 2.48. The van der Waals surface area contributed by atoms with Crippen molar-refractivity contribution < 1.29 is 23.5 Å². The molecule has 0 saturated carbocycles. The molecule has 0 saturated heterocycles. The summed E-state index contributed by atoms with van der Waals surface area (Å²) in [6.07, 6.45) is 2.48. The normalized spacial score (nSPS) is 11.3. The topological polar surface area (TPSA) is 64.6 Å². The number of amides is 1. The van der Waals surface area contributed by atoms with Crippen LogP contribution in [-0.2, 0) is 9.47 Å². The van der Waals surface area contributed by atoms with Crippen molar-refractivity contribution in [3.63, 3.8) is 0 Å². The summed E-state index contributed by atoms with van der Waals surface area (Å²) in [5.74, 6) is -1.01. The Balaban J connectivity index is 2.63. The van der Waals surface area contributed by atoms with Gasteiger partial charge in [-0.2, -0.15) is 0 Å². The lowest BCUT2D eigenvalue weighted by Crippen LogP contribution is -2.32. The molecule has 0 aliphatic heterocycles. The lowest BCUT2D eigenvalue weighted by molar-refractivity contribution is 0.0532. The molecule has 1 N–H and O–H groups in total. The zero-order valence-corrected chi connectivity index (χ0v) is 13.1. The second kappa shape index (κ2) is 7.59. The van der Waals surface area contributed by atoms with Crippen molar-refractivity contribution >= 4 is 18.1 Å². The van der Waals surface area contributed by atoms with Gasteiger partial charge in [0.2, 0.25) is 0 Å². The van der Waals surface area contributed by atoms with Crippen LogP contribution in [0.5, 0.6) is 0 Å². The first-order valence-corrected chi connectivity index (χ1v) is 6.74. The molecule has 0 atom stereocenters. The van der Waals surface area contributed by atoms with Crippen molar-refractivity contribution in [2.24, 2.45) is 0 Å². The quantitative estimate of drug-likeness (QED) is 0.868. The Hall–Kier alpha value is -2.37. The molecule has 1 amide bonds. The van der Waals surface area contributed by atoms with Gasteiger partial charge in [-0.3, -0.25) is 0 Å². The molecule has 0 aliphatic carbocycles. The minimum Gasteiger partial charge on any atom is -0.465 e. The van der Waals surface area contributed by atoms with Crippen LogP contribution in [0.4, 0.5) is 9.18 Å². The lowest BCUT2D eigenvalue weighted by atomic mass is 10.1. The van der Waals surface area contributed by atoms with Crippen LogP contribution in [0.2, 0.25) is 0 Å². The van der Waals surface area contributed by atoms with Crippen LogP contribution in [0.15, 0.2) is 24.3 Å². The number of carbonyl (C=O) groups excluding carboxylic acids is 2. The number of methoxy groups -OCH3 is 1. The van der Waals surface area contributed by atoms with Gasteiger partial charge < -0.3 is 14.8 Å². The average molecular weight is 309 g/mol. The predicted molar refractivity (Wildman–Crippen MR) is 81.0 cm³/mol. The Morgan fingerprint density at radius 3 is 2.59 bits per heavy atom. The molecule has 0 aliphatic rings. The van der Waals surface area contributed by atoms with Gasteiger partial charge in [0.05, 0.1) is 12.7 Å². The van der Waals surface area contributed by atoms with E-state index >= 15 is 0 Å². The van der Waals surface area contributed by atoms with E-state index in [1.54, 1.807) is 26.8 Å². The SMILES string of the molecule is COC(=O)c1ccc(F)c(C=CCNC(=O)OC(C)(C)C)c1. The van der Waals surface area contributed by atoms with Crippen LogP contribution in [0, 0.1) is 5.82 Å². The molecule has 5 nitrogen and oxygen atoms in total. The second-order valence-corrected chi connectivity index (χ2v) is 5.51. The fourth-order valence-electron chi connectivity index (χ4n) is 1.56. The van der Waals surface area contributed by atoms with E-state index in [4.69, 9.17) is 4.74 Å². The fourth-order valence-corrected chi connectivity index (χ4v) is 1.56. The van der Waals surface area contributed by atoms with Crippen LogP contribution < -0.4 is 5.32 Å². The molecular formula is C16H20FNO4. The summed E-state index contributed by atoms with van der Waals surface area (Å²) in [7, 11) is 1.26. The number of alkyl carbamates (subject to hydrolysis) is 1. The van der Waals surface area contributed by atoms with Crippen molar-refractivity contribution in [1.82, 2.24) is 5.32 Å². The van der Waals surface area contributed by atoms with Crippen LogP contribution >= 0.6 is 0 Å². The minimum atomic E-state index is -0.575. The highest BCUT2D eigenvalue weighted by molar-refractivity contribution is 5.90. The highest BCUT2D eigenvalue weighted by Gasteiger charge is 2.15. The number of hydrogen-bond acceptors (Lipinski definition) is 4. The van der Waals surface area contributed by atoms with E-state index < -0.39 is 23.5 Å². The van der Waals surface area contributed by atoms with Gasteiger partial charge in [0, 0.05) is 12.1 Å². The summed E-state index contributed by atoms with van der Waals surface area (Å²) < 4.78 is 23.3. The molecule has 1 aromatic carbocycles. The van der Waals surface area contributed by atoms with E-state index in [1.807, 2.05) is 0 Å². The first kappa shape index (κ1) is 17.7. The van der Waals surface area contributed by atoms with Gasteiger partial charge in [-0.05, 0) is 39.0 Å². The molecule has 0 spiro atoms. The van der Waals surface area contributed by atoms with E-state index in [2.05, 4.69) is 10.1 Å². The number of hydrogen-bond donors (Lipinski definition) is 1. The molecule has 0 radical (unpaired) electrons. The molecule has 0 fully saturated rings. The standard InChI is InChI=1S/C16H20FNO4/c1-16(2,3)22-15(20)18-9-5-6-11-10-12(14(19)21-4)7-8-13(11)17/h5-8,10H,9H2,1-4H3,(H,18,20). The number of esters is 1. The number of nitrogens with one attached hydrogen (secondary N) is 1. The van der Waals surface area contributed by atoms with Crippen molar-refractivity contribution in [3.05, 3.63) is 41.2 Å². The number of ether oxygens (including phenoxy) is 2. The summed E-state index contributed by atoms with van der Waals surface area (Å²) in [5, 5.41) is 2.52. The highest BCUT2D eigenvalue weighted by atomic mass is 19.1. The van der Waals surface area contributed by atoms with Crippen LogP contribution in [0.3, 0.4) is 0 Å². The molecule has 0 heterocycles. The van der Waals surface area contributed by atoms with Crippen LogP contribution in [-0.4, -0.2) is 31.3 Å². The third kappa shape index (κ3) is 5.95. The maximum atomic E-state index is 13.6. The zero-order valence-electron chi connectivity index (χ0n) is 13.1. The first-order valence-electron chi connectivity index (χ1n) is 6.74. The zero-order chi connectivity index (χ0) is 16.8. The van der Waals surface area contributed by atoms with Crippen molar-refractivity contribution in [2.75, 3.05) is 13.7 Å². The fraction of sp³-hybridized carbons (Fsp3) is 0.375. The van der Waals surface area contributed by atoms with Crippen LogP contribution in [0.1, 0.15) is 36.7 Å². The van der Waals surface area contributed by atoms with Gasteiger partial charge in [0.15, 0.2) is 0 Å². The largest absolute Gasteiger partial charge is 0.465 e. The minimum absolute atomic E-state index is 0.177. The maximum Gasteiger partial charge on any atom is 0.407 e. The Morgan fingerprint density at radius 2 is 2.00 bits per heavy atom. The molecule has 120 valence electrons.